The van der Waals surface area contributed by atoms with Crippen LogP contribution in [0.15, 0.2) is 36.4 Å². The molecule has 0 aromatic heterocycles. The standard InChI is InChI=1S/C15H15F2N/c1-9-3-6-12(14(17)7-9)15(18)13-8-11(16)5-4-10(13)2/h3-8,15H,18H2,1-2H3. The number of rotatable bonds is 2. The summed E-state index contributed by atoms with van der Waals surface area (Å²) in [5, 5.41) is 0. The number of hydrogen-bond acceptors (Lipinski definition) is 1. The van der Waals surface area contributed by atoms with Crippen LogP contribution in [0.25, 0.3) is 0 Å². The summed E-state index contributed by atoms with van der Waals surface area (Å²) in [7, 11) is 0. The molecule has 0 saturated heterocycles. The minimum absolute atomic E-state index is 0.355. The molecule has 2 aromatic rings. The van der Waals surface area contributed by atoms with Crippen molar-refractivity contribution < 1.29 is 8.78 Å². The average molecular weight is 247 g/mol. The van der Waals surface area contributed by atoms with E-state index in [1.165, 1.54) is 18.2 Å². The molecule has 0 fully saturated rings. The van der Waals surface area contributed by atoms with Crippen molar-refractivity contribution in [3.8, 4) is 0 Å². The van der Waals surface area contributed by atoms with Gasteiger partial charge in [0, 0.05) is 5.56 Å². The van der Waals surface area contributed by atoms with Crippen molar-refractivity contribution in [1.82, 2.24) is 0 Å². The molecule has 0 aliphatic carbocycles. The fourth-order valence-corrected chi connectivity index (χ4v) is 2.00. The Kier molecular flexibility index (Phi) is 3.43. The van der Waals surface area contributed by atoms with E-state index in [0.717, 1.165) is 11.1 Å². The van der Waals surface area contributed by atoms with Gasteiger partial charge >= 0.3 is 0 Å². The predicted octanol–water partition coefficient (Wildman–Crippen LogP) is 3.63. The van der Waals surface area contributed by atoms with Gasteiger partial charge < -0.3 is 5.73 Å². The Hall–Kier alpha value is -1.74. The maximum absolute atomic E-state index is 13.8. The summed E-state index contributed by atoms with van der Waals surface area (Å²) in [5.41, 5.74) is 8.71. The van der Waals surface area contributed by atoms with Crippen LogP contribution in [-0.4, -0.2) is 0 Å². The first-order valence-corrected chi connectivity index (χ1v) is 5.76. The summed E-state index contributed by atoms with van der Waals surface area (Å²) >= 11 is 0. The number of halogens is 2. The topological polar surface area (TPSA) is 26.0 Å². The van der Waals surface area contributed by atoms with Gasteiger partial charge in [-0.3, -0.25) is 0 Å². The lowest BCUT2D eigenvalue weighted by Crippen LogP contribution is -2.15. The highest BCUT2D eigenvalue weighted by atomic mass is 19.1. The molecular formula is C15H15F2N. The van der Waals surface area contributed by atoms with E-state index in [0.29, 0.717) is 11.1 Å². The zero-order chi connectivity index (χ0) is 13.3. The van der Waals surface area contributed by atoms with Crippen LogP contribution in [-0.2, 0) is 0 Å². The molecule has 2 rings (SSSR count). The summed E-state index contributed by atoms with van der Waals surface area (Å²) in [5.74, 6) is -0.718. The third kappa shape index (κ3) is 2.41. The van der Waals surface area contributed by atoms with Crippen LogP contribution < -0.4 is 5.73 Å². The molecule has 1 atom stereocenters. The second-order valence-electron chi connectivity index (χ2n) is 4.50. The van der Waals surface area contributed by atoms with Crippen LogP contribution in [0.2, 0.25) is 0 Å². The Balaban J connectivity index is 2.47. The van der Waals surface area contributed by atoms with E-state index in [1.54, 1.807) is 18.2 Å². The first-order valence-electron chi connectivity index (χ1n) is 5.76. The Morgan fingerprint density at radius 3 is 2.33 bits per heavy atom. The zero-order valence-corrected chi connectivity index (χ0v) is 10.4. The van der Waals surface area contributed by atoms with Crippen LogP contribution in [0.1, 0.15) is 28.3 Å². The molecule has 2 N–H and O–H groups in total. The fourth-order valence-electron chi connectivity index (χ4n) is 2.00. The largest absolute Gasteiger partial charge is 0.320 e. The molecule has 94 valence electrons. The molecule has 1 nitrogen and oxygen atoms in total. The molecule has 0 radical (unpaired) electrons. The van der Waals surface area contributed by atoms with E-state index >= 15 is 0 Å². The number of aryl methyl sites for hydroxylation is 2. The molecule has 0 saturated carbocycles. The SMILES string of the molecule is Cc1ccc(C(N)c2cc(F)ccc2C)c(F)c1. The Morgan fingerprint density at radius 1 is 0.944 bits per heavy atom. The van der Waals surface area contributed by atoms with Gasteiger partial charge in [-0.2, -0.15) is 0 Å². The van der Waals surface area contributed by atoms with Gasteiger partial charge in [-0.15, -0.1) is 0 Å². The Bertz CT molecular complexity index is 579. The van der Waals surface area contributed by atoms with Gasteiger partial charge in [0.1, 0.15) is 11.6 Å². The van der Waals surface area contributed by atoms with Gasteiger partial charge in [0.15, 0.2) is 0 Å². The minimum Gasteiger partial charge on any atom is -0.320 e. The first-order chi connectivity index (χ1) is 8.49. The second-order valence-corrected chi connectivity index (χ2v) is 4.50. The number of benzene rings is 2. The van der Waals surface area contributed by atoms with E-state index in [-0.39, 0.29) is 11.6 Å². The van der Waals surface area contributed by atoms with Crippen molar-refractivity contribution in [2.45, 2.75) is 19.9 Å². The summed E-state index contributed by atoms with van der Waals surface area (Å²) < 4.78 is 27.1. The smallest absolute Gasteiger partial charge is 0.128 e. The first kappa shape index (κ1) is 12.7. The molecule has 2 aromatic carbocycles. The van der Waals surface area contributed by atoms with Crippen LogP contribution in [0.5, 0.6) is 0 Å². The predicted molar refractivity (Wildman–Crippen MR) is 68.3 cm³/mol. The number of hydrogen-bond donors (Lipinski definition) is 1. The van der Waals surface area contributed by atoms with E-state index in [1.807, 2.05) is 13.8 Å². The minimum atomic E-state index is -0.652. The van der Waals surface area contributed by atoms with Gasteiger partial charge in [-0.25, -0.2) is 8.78 Å². The number of nitrogens with two attached hydrogens (primary N) is 1. The van der Waals surface area contributed by atoms with Crippen LogP contribution in [0, 0.1) is 25.5 Å². The molecule has 0 aliphatic heterocycles. The highest BCUT2D eigenvalue weighted by molar-refractivity contribution is 5.38. The van der Waals surface area contributed by atoms with Gasteiger partial charge in [0.2, 0.25) is 0 Å². The molecule has 18 heavy (non-hydrogen) atoms. The van der Waals surface area contributed by atoms with Crippen LogP contribution >= 0.6 is 0 Å². The van der Waals surface area contributed by atoms with Crippen molar-refractivity contribution in [3.05, 3.63) is 70.3 Å². The van der Waals surface area contributed by atoms with Gasteiger partial charge in [0.05, 0.1) is 6.04 Å². The van der Waals surface area contributed by atoms with Crippen molar-refractivity contribution in [1.29, 1.82) is 0 Å². The van der Waals surface area contributed by atoms with Crippen molar-refractivity contribution in [2.75, 3.05) is 0 Å². The lowest BCUT2D eigenvalue weighted by Gasteiger charge is -2.16. The molecule has 3 heteroatoms. The molecule has 0 aliphatic rings. The summed E-state index contributed by atoms with van der Waals surface area (Å²) in [4.78, 5) is 0. The zero-order valence-electron chi connectivity index (χ0n) is 10.4. The van der Waals surface area contributed by atoms with E-state index in [2.05, 4.69) is 0 Å². The van der Waals surface area contributed by atoms with Crippen LogP contribution in [0.4, 0.5) is 8.78 Å². The summed E-state index contributed by atoms with van der Waals surface area (Å²) in [6.07, 6.45) is 0. The third-order valence-corrected chi connectivity index (χ3v) is 3.07. The van der Waals surface area contributed by atoms with E-state index in [4.69, 9.17) is 5.73 Å². The Labute approximate surface area is 105 Å². The highest BCUT2D eigenvalue weighted by Crippen LogP contribution is 2.25. The Morgan fingerprint density at radius 2 is 1.67 bits per heavy atom. The van der Waals surface area contributed by atoms with E-state index in [9.17, 15) is 8.78 Å². The molecule has 0 heterocycles. The lowest BCUT2D eigenvalue weighted by atomic mass is 9.94. The molecule has 0 bridgehead atoms. The molecular weight excluding hydrogens is 232 g/mol. The van der Waals surface area contributed by atoms with Crippen molar-refractivity contribution >= 4 is 0 Å². The van der Waals surface area contributed by atoms with Gasteiger partial charge in [0.25, 0.3) is 0 Å². The fraction of sp³-hybridized carbons (Fsp3) is 0.200. The molecule has 0 amide bonds. The van der Waals surface area contributed by atoms with Crippen molar-refractivity contribution in [3.63, 3.8) is 0 Å². The average Bonchev–Trinajstić information content (AvgIpc) is 2.31. The van der Waals surface area contributed by atoms with Gasteiger partial charge in [-0.1, -0.05) is 18.2 Å². The summed E-state index contributed by atoms with van der Waals surface area (Å²) in [6, 6.07) is 8.62. The van der Waals surface area contributed by atoms with Gasteiger partial charge in [-0.05, 0) is 48.7 Å². The summed E-state index contributed by atoms with van der Waals surface area (Å²) in [6.45, 7) is 3.65. The third-order valence-electron chi connectivity index (χ3n) is 3.07. The van der Waals surface area contributed by atoms with Crippen LogP contribution in [0.3, 0.4) is 0 Å². The van der Waals surface area contributed by atoms with Crippen molar-refractivity contribution in [2.24, 2.45) is 5.73 Å². The maximum Gasteiger partial charge on any atom is 0.128 e. The molecule has 0 spiro atoms. The maximum atomic E-state index is 13.8. The lowest BCUT2D eigenvalue weighted by molar-refractivity contribution is 0.594. The molecule has 1 unspecified atom stereocenters. The van der Waals surface area contributed by atoms with E-state index < -0.39 is 6.04 Å². The quantitative estimate of drug-likeness (QED) is 0.861. The highest BCUT2D eigenvalue weighted by Gasteiger charge is 2.16. The monoisotopic (exact) mass is 247 g/mol. The normalized spacial score (nSPS) is 12.5. The second kappa shape index (κ2) is 4.86.